The normalized spacial score (nSPS) is 31.4. The average molecular weight is 686 g/mol. The van der Waals surface area contributed by atoms with Crippen LogP contribution >= 0.6 is 0 Å². The maximum Gasteiger partial charge on any atom is 0.313 e. The number of carbonyl (C=O) groups excluding carboxylic acids is 4. The van der Waals surface area contributed by atoms with E-state index in [9.17, 15) is 19.5 Å². The minimum absolute atomic E-state index is 0.0682. The highest BCUT2D eigenvalue weighted by Gasteiger charge is 2.73. The Labute approximate surface area is 293 Å². The third kappa shape index (κ3) is 6.61. The summed E-state index contributed by atoms with van der Waals surface area (Å²) in [6, 6.07) is 15.9. The Bertz CT molecular complexity index is 1620. The minimum Gasteiger partial charge on any atom is -0.455 e. The number of benzene rings is 2. The molecule has 266 valence electrons. The Morgan fingerprint density at radius 2 is 1.70 bits per heavy atom. The number of hydrogen-bond donors (Lipinski definition) is 2. The van der Waals surface area contributed by atoms with Crippen LogP contribution in [-0.4, -0.2) is 101 Å². The minimum atomic E-state index is -1.53. The summed E-state index contributed by atoms with van der Waals surface area (Å²) in [6.45, 7) is 5.74. The van der Waals surface area contributed by atoms with Crippen LogP contribution in [0.5, 0.6) is 0 Å². The van der Waals surface area contributed by atoms with Crippen LogP contribution in [-0.2, 0) is 39.8 Å². The van der Waals surface area contributed by atoms with Crippen molar-refractivity contribution in [1.82, 2.24) is 15.1 Å². The number of cyclic esters (lactones) is 1. The Kier molecular flexibility index (Phi) is 10.3. The molecule has 11 heteroatoms. The zero-order valence-corrected chi connectivity index (χ0v) is 29.1. The maximum absolute atomic E-state index is 15.0. The van der Waals surface area contributed by atoms with Gasteiger partial charge in [-0.2, -0.15) is 0 Å². The molecular weight excluding hydrogens is 638 g/mol. The standard InChI is InChI=1S/C39H47N3O8/c1-38(2,3)41-21-13-20-39-32(35(45)42(34(39)36(41)46)27(23-43)22-25-14-7-5-8-15-25)31-29(50-39)18-11-12-19-30(44)40-28(24-48-4)33(49-37(31)47)26-16-9-6-10-17-26/h5-11,13-18,20,27-29,31-34,43H,12,19,21-24H2,1-4H3,(H,40,44)/b18-11-/t27-,28-,29-,31+,32+,33-,34-,39+/m1/s1. The van der Waals surface area contributed by atoms with Crippen molar-refractivity contribution in [2.45, 2.75) is 81.5 Å². The molecule has 0 unspecified atom stereocenters. The lowest BCUT2D eigenvalue weighted by Crippen LogP contribution is -2.61. The molecule has 0 saturated carbocycles. The number of fused-ring (bicyclic) bond motifs is 2. The second kappa shape index (κ2) is 14.5. The largest absolute Gasteiger partial charge is 0.455 e. The molecule has 2 aromatic carbocycles. The Hall–Kier alpha value is -4.32. The van der Waals surface area contributed by atoms with Crippen LogP contribution in [0.25, 0.3) is 0 Å². The monoisotopic (exact) mass is 685 g/mol. The zero-order chi connectivity index (χ0) is 35.6. The second-order valence-electron chi connectivity index (χ2n) is 14.5. The predicted molar refractivity (Wildman–Crippen MR) is 184 cm³/mol. The molecule has 0 aromatic heterocycles. The van der Waals surface area contributed by atoms with Gasteiger partial charge < -0.3 is 34.4 Å². The summed E-state index contributed by atoms with van der Waals surface area (Å²) >= 11 is 0. The summed E-state index contributed by atoms with van der Waals surface area (Å²) in [5.74, 6) is -3.97. The number of aliphatic hydroxyl groups excluding tert-OH is 1. The number of hydrogen-bond acceptors (Lipinski definition) is 8. The van der Waals surface area contributed by atoms with E-state index in [1.165, 1.54) is 12.0 Å². The highest BCUT2D eigenvalue weighted by molar-refractivity contribution is 5.99. The average Bonchev–Trinajstić information content (AvgIpc) is 3.48. The van der Waals surface area contributed by atoms with Crippen molar-refractivity contribution in [1.29, 1.82) is 0 Å². The Balaban J connectivity index is 1.48. The molecule has 4 aliphatic rings. The topological polar surface area (TPSA) is 135 Å². The van der Waals surface area contributed by atoms with Gasteiger partial charge in [0, 0.05) is 25.6 Å². The number of ether oxygens (including phenoxy) is 3. The van der Waals surface area contributed by atoms with Gasteiger partial charge in [-0.3, -0.25) is 19.2 Å². The highest BCUT2D eigenvalue weighted by Crippen LogP contribution is 2.54. The fraction of sp³-hybridized carbons (Fsp3) is 0.487. The number of esters is 1. The molecule has 2 aromatic rings. The Morgan fingerprint density at radius 3 is 2.36 bits per heavy atom. The molecule has 2 saturated heterocycles. The van der Waals surface area contributed by atoms with Crippen molar-refractivity contribution in [3.05, 3.63) is 96.1 Å². The predicted octanol–water partition coefficient (Wildman–Crippen LogP) is 3.13. The van der Waals surface area contributed by atoms with Crippen molar-refractivity contribution in [2.75, 3.05) is 26.9 Å². The van der Waals surface area contributed by atoms with Gasteiger partial charge in [0.1, 0.15) is 23.7 Å². The lowest BCUT2D eigenvalue weighted by molar-refractivity contribution is -0.163. The number of likely N-dealkylation sites (tertiary alicyclic amines) is 1. The maximum atomic E-state index is 15.0. The molecule has 0 aliphatic carbocycles. The van der Waals surface area contributed by atoms with E-state index < -0.39 is 71.8 Å². The molecule has 0 radical (unpaired) electrons. The highest BCUT2D eigenvalue weighted by atomic mass is 16.6. The van der Waals surface area contributed by atoms with Crippen LogP contribution in [0.1, 0.15) is 50.8 Å². The molecule has 2 fully saturated rings. The Morgan fingerprint density at radius 1 is 1.00 bits per heavy atom. The second-order valence-corrected chi connectivity index (χ2v) is 14.5. The van der Waals surface area contributed by atoms with Crippen LogP contribution in [0.2, 0.25) is 0 Å². The first kappa shape index (κ1) is 35.5. The smallest absolute Gasteiger partial charge is 0.313 e. The van der Waals surface area contributed by atoms with Gasteiger partial charge in [0.15, 0.2) is 0 Å². The van der Waals surface area contributed by atoms with Gasteiger partial charge >= 0.3 is 5.97 Å². The lowest BCUT2D eigenvalue weighted by atomic mass is 9.77. The van der Waals surface area contributed by atoms with E-state index in [4.69, 9.17) is 14.2 Å². The fourth-order valence-electron chi connectivity index (χ4n) is 7.96. The third-order valence-corrected chi connectivity index (χ3v) is 10.2. The molecule has 50 heavy (non-hydrogen) atoms. The molecule has 0 bridgehead atoms. The number of nitrogens with zero attached hydrogens (tertiary/aromatic N) is 2. The number of rotatable bonds is 7. The molecule has 4 heterocycles. The molecule has 11 nitrogen and oxygen atoms in total. The number of aliphatic hydroxyl groups is 1. The third-order valence-electron chi connectivity index (χ3n) is 10.2. The summed E-state index contributed by atoms with van der Waals surface area (Å²) in [6.07, 6.45) is 6.06. The van der Waals surface area contributed by atoms with E-state index in [-0.39, 0.29) is 31.4 Å². The van der Waals surface area contributed by atoms with Gasteiger partial charge in [-0.1, -0.05) is 85.0 Å². The fourth-order valence-corrected chi connectivity index (χ4v) is 7.96. The van der Waals surface area contributed by atoms with E-state index in [2.05, 4.69) is 5.32 Å². The van der Waals surface area contributed by atoms with Gasteiger partial charge in [-0.15, -0.1) is 0 Å². The van der Waals surface area contributed by atoms with Crippen molar-refractivity contribution < 1.29 is 38.5 Å². The first-order chi connectivity index (χ1) is 24.0. The lowest BCUT2D eigenvalue weighted by Gasteiger charge is -2.42. The number of allylic oxidation sites excluding steroid dienone is 1. The van der Waals surface area contributed by atoms with Crippen molar-refractivity contribution in [2.24, 2.45) is 11.8 Å². The molecule has 6 rings (SSSR count). The van der Waals surface area contributed by atoms with Crippen LogP contribution in [0.4, 0.5) is 0 Å². The summed E-state index contributed by atoms with van der Waals surface area (Å²) in [4.78, 5) is 60.7. The quantitative estimate of drug-likeness (QED) is 0.336. The van der Waals surface area contributed by atoms with E-state index in [1.54, 1.807) is 23.1 Å². The number of amides is 3. The van der Waals surface area contributed by atoms with Gasteiger partial charge in [-0.25, -0.2) is 0 Å². The SMILES string of the molecule is COC[C@H]1NC(=O)CC/C=C\[C@H]2O[C@]34C=CCN(C(C)(C)C)C(=O)[C@H]3N([C@@H](CO)Cc3ccccc3)C(=O)[C@@H]4[C@H]2C(=O)O[C@@H]1c1ccccc1. The number of nitrogens with one attached hydrogen (secondary N) is 1. The van der Waals surface area contributed by atoms with Crippen molar-refractivity contribution in [3.8, 4) is 0 Å². The molecule has 1 spiro atoms. The molecule has 3 amide bonds. The molecular formula is C39H47N3O8. The molecule has 2 N–H and O–H groups in total. The number of methoxy groups -OCH3 is 1. The van der Waals surface area contributed by atoms with Crippen molar-refractivity contribution in [3.63, 3.8) is 0 Å². The van der Waals surface area contributed by atoms with Gasteiger partial charge in [0.2, 0.25) is 17.7 Å². The van der Waals surface area contributed by atoms with Crippen LogP contribution in [0.15, 0.2) is 85.0 Å². The van der Waals surface area contributed by atoms with Crippen LogP contribution in [0, 0.1) is 11.8 Å². The zero-order valence-electron chi connectivity index (χ0n) is 29.1. The van der Waals surface area contributed by atoms with E-state index in [0.717, 1.165) is 5.56 Å². The van der Waals surface area contributed by atoms with Gasteiger partial charge in [0.25, 0.3) is 0 Å². The van der Waals surface area contributed by atoms with Crippen molar-refractivity contribution >= 4 is 23.7 Å². The van der Waals surface area contributed by atoms with Crippen LogP contribution in [0.3, 0.4) is 0 Å². The summed E-state index contributed by atoms with van der Waals surface area (Å²) in [5.41, 5.74) is -0.594. The van der Waals surface area contributed by atoms with E-state index in [1.807, 2.05) is 87.5 Å². The molecule has 8 atom stereocenters. The van der Waals surface area contributed by atoms with Crippen LogP contribution < -0.4 is 5.32 Å². The van der Waals surface area contributed by atoms with E-state index in [0.29, 0.717) is 18.4 Å². The number of carbonyl (C=O) groups is 4. The summed E-state index contributed by atoms with van der Waals surface area (Å²) in [5, 5.41) is 13.8. The first-order valence-corrected chi connectivity index (χ1v) is 17.3. The van der Waals surface area contributed by atoms with Gasteiger partial charge in [0.05, 0.1) is 37.3 Å². The van der Waals surface area contributed by atoms with E-state index >= 15 is 4.79 Å². The summed E-state index contributed by atoms with van der Waals surface area (Å²) in [7, 11) is 1.51. The molecule has 4 aliphatic heterocycles. The van der Waals surface area contributed by atoms with Gasteiger partial charge in [-0.05, 0) is 44.7 Å². The first-order valence-electron chi connectivity index (χ1n) is 17.3. The summed E-state index contributed by atoms with van der Waals surface area (Å²) < 4.78 is 18.7.